The Morgan fingerprint density at radius 2 is 2.09 bits per heavy atom. The first-order valence-electron chi connectivity index (χ1n) is 6.99. The maximum Gasteiger partial charge on any atom is 0.273 e. The summed E-state index contributed by atoms with van der Waals surface area (Å²) >= 11 is 1.07. The molecule has 1 aliphatic rings. The molecule has 0 radical (unpaired) electrons. The topological polar surface area (TPSA) is 45.2 Å². The quantitative estimate of drug-likeness (QED) is 0.896. The minimum atomic E-state index is -0.677. The number of thiazole rings is 1. The third-order valence-electron chi connectivity index (χ3n) is 3.66. The molecule has 1 aromatic heterocycles. The second kappa shape index (κ2) is 7.33. The molecule has 2 heterocycles. The number of nitrogens with one attached hydrogen (secondary N) is 1. The average Bonchev–Trinajstić information content (AvgIpc) is 2.96. The molecule has 1 amide bonds. The van der Waals surface area contributed by atoms with Crippen LogP contribution >= 0.6 is 23.7 Å². The van der Waals surface area contributed by atoms with Crippen molar-refractivity contribution >= 4 is 29.7 Å². The fourth-order valence-electron chi connectivity index (χ4n) is 2.48. The second-order valence-corrected chi connectivity index (χ2v) is 6.04. The van der Waals surface area contributed by atoms with Gasteiger partial charge in [-0.05, 0) is 19.1 Å². The highest BCUT2D eigenvalue weighted by Gasteiger charge is 2.26. The first-order chi connectivity index (χ1) is 10.6. The van der Waals surface area contributed by atoms with Gasteiger partial charge in [-0.3, -0.25) is 4.79 Å². The first kappa shape index (κ1) is 17.8. The predicted octanol–water partition coefficient (Wildman–Crippen LogP) is 2.94. The fourth-order valence-corrected chi connectivity index (χ4v) is 3.32. The van der Waals surface area contributed by atoms with E-state index in [0.29, 0.717) is 6.54 Å². The molecule has 1 aromatic carbocycles. The number of carbonyl (C=O) groups is 1. The normalized spacial score (nSPS) is 17.7. The Balaban J connectivity index is 0.00000192. The molecule has 0 unspecified atom stereocenters. The highest BCUT2D eigenvalue weighted by Crippen LogP contribution is 2.29. The minimum absolute atomic E-state index is 0. The van der Waals surface area contributed by atoms with Gasteiger partial charge in [0.25, 0.3) is 5.91 Å². The number of halogens is 3. The van der Waals surface area contributed by atoms with Crippen LogP contribution in [0.25, 0.3) is 10.6 Å². The third kappa shape index (κ3) is 3.52. The maximum absolute atomic E-state index is 13.8. The van der Waals surface area contributed by atoms with Gasteiger partial charge in [0.2, 0.25) is 0 Å². The number of nitrogens with zero attached hydrogens (tertiary/aromatic N) is 2. The van der Waals surface area contributed by atoms with Gasteiger partial charge >= 0.3 is 0 Å². The van der Waals surface area contributed by atoms with Crippen LogP contribution in [0.15, 0.2) is 23.6 Å². The molecule has 0 bridgehead atoms. The average molecular weight is 360 g/mol. The van der Waals surface area contributed by atoms with Crippen LogP contribution in [0.1, 0.15) is 17.4 Å². The number of benzene rings is 1. The number of aromatic nitrogens is 1. The van der Waals surface area contributed by atoms with Crippen molar-refractivity contribution in [2.45, 2.75) is 13.0 Å². The van der Waals surface area contributed by atoms with Crippen molar-refractivity contribution in [2.24, 2.45) is 0 Å². The van der Waals surface area contributed by atoms with Crippen LogP contribution in [0.3, 0.4) is 0 Å². The molecule has 1 fully saturated rings. The number of piperazine rings is 1. The standard InChI is InChI=1S/C15H15F2N3OS.ClH/c1-9-7-18-5-6-20(9)15(21)12-8-22-14(19-12)13-10(16)3-2-4-11(13)17;/h2-4,8-9,18H,5-7H2,1H3;1H/t9-;/m0./s1. The van der Waals surface area contributed by atoms with Crippen molar-refractivity contribution in [3.05, 3.63) is 40.9 Å². The van der Waals surface area contributed by atoms with Gasteiger partial charge < -0.3 is 10.2 Å². The van der Waals surface area contributed by atoms with Gasteiger partial charge in [-0.15, -0.1) is 23.7 Å². The minimum Gasteiger partial charge on any atom is -0.332 e. The van der Waals surface area contributed by atoms with E-state index in [2.05, 4.69) is 10.3 Å². The Morgan fingerprint density at radius 3 is 2.74 bits per heavy atom. The summed E-state index contributed by atoms with van der Waals surface area (Å²) in [5.74, 6) is -1.55. The summed E-state index contributed by atoms with van der Waals surface area (Å²) in [7, 11) is 0. The summed E-state index contributed by atoms with van der Waals surface area (Å²) < 4.78 is 27.6. The van der Waals surface area contributed by atoms with Crippen molar-refractivity contribution in [2.75, 3.05) is 19.6 Å². The molecule has 1 saturated heterocycles. The molecular formula is C15H16ClF2N3OS. The number of amides is 1. The van der Waals surface area contributed by atoms with Crippen LogP contribution in [-0.2, 0) is 0 Å². The molecule has 3 rings (SSSR count). The first-order valence-corrected chi connectivity index (χ1v) is 7.87. The summed E-state index contributed by atoms with van der Waals surface area (Å²) in [6, 6.07) is 3.73. The Kier molecular flexibility index (Phi) is 5.67. The molecule has 1 N–H and O–H groups in total. The van der Waals surface area contributed by atoms with Gasteiger partial charge in [0.15, 0.2) is 0 Å². The highest BCUT2D eigenvalue weighted by atomic mass is 35.5. The number of hydrogen-bond donors (Lipinski definition) is 1. The molecule has 1 atom stereocenters. The zero-order valence-corrected chi connectivity index (χ0v) is 14.0. The molecule has 124 valence electrons. The third-order valence-corrected chi connectivity index (χ3v) is 4.52. The summed E-state index contributed by atoms with van der Waals surface area (Å²) in [5.41, 5.74) is 0.0521. The van der Waals surface area contributed by atoms with Crippen LogP contribution in [0, 0.1) is 11.6 Å². The van der Waals surface area contributed by atoms with E-state index >= 15 is 0 Å². The lowest BCUT2D eigenvalue weighted by atomic mass is 10.2. The monoisotopic (exact) mass is 359 g/mol. The van der Waals surface area contributed by atoms with E-state index in [1.54, 1.807) is 10.3 Å². The van der Waals surface area contributed by atoms with Crippen molar-refractivity contribution in [1.29, 1.82) is 0 Å². The highest BCUT2D eigenvalue weighted by molar-refractivity contribution is 7.13. The molecule has 0 aliphatic carbocycles. The van der Waals surface area contributed by atoms with E-state index in [-0.39, 0.29) is 40.6 Å². The summed E-state index contributed by atoms with van der Waals surface area (Å²) in [4.78, 5) is 18.3. The molecule has 23 heavy (non-hydrogen) atoms. The van der Waals surface area contributed by atoms with E-state index in [1.807, 2.05) is 6.92 Å². The SMILES string of the molecule is C[C@H]1CNCCN1C(=O)c1csc(-c2c(F)cccc2F)n1.Cl. The molecule has 1 aliphatic heterocycles. The van der Waals surface area contributed by atoms with E-state index in [0.717, 1.165) is 24.4 Å². The summed E-state index contributed by atoms with van der Waals surface area (Å²) in [5, 5.41) is 4.94. The van der Waals surface area contributed by atoms with Crippen molar-refractivity contribution in [3.63, 3.8) is 0 Å². The van der Waals surface area contributed by atoms with Gasteiger partial charge in [0.1, 0.15) is 22.3 Å². The lowest BCUT2D eigenvalue weighted by Crippen LogP contribution is -2.52. The molecular weight excluding hydrogens is 344 g/mol. The van der Waals surface area contributed by atoms with Crippen LogP contribution in [0.4, 0.5) is 8.78 Å². The van der Waals surface area contributed by atoms with E-state index in [9.17, 15) is 13.6 Å². The lowest BCUT2D eigenvalue weighted by Gasteiger charge is -2.33. The Bertz CT molecular complexity index is 690. The van der Waals surface area contributed by atoms with Crippen molar-refractivity contribution < 1.29 is 13.6 Å². The van der Waals surface area contributed by atoms with E-state index in [4.69, 9.17) is 0 Å². The fraction of sp³-hybridized carbons (Fsp3) is 0.333. The Morgan fingerprint density at radius 1 is 1.39 bits per heavy atom. The lowest BCUT2D eigenvalue weighted by molar-refractivity contribution is 0.0650. The zero-order chi connectivity index (χ0) is 15.7. The Hall–Kier alpha value is -1.57. The van der Waals surface area contributed by atoms with Gasteiger partial charge in [-0.2, -0.15) is 0 Å². The summed E-state index contributed by atoms with van der Waals surface area (Å²) in [6.45, 7) is 4.01. The summed E-state index contributed by atoms with van der Waals surface area (Å²) in [6.07, 6.45) is 0. The number of carbonyl (C=O) groups excluding carboxylic acids is 1. The van der Waals surface area contributed by atoms with Gasteiger partial charge in [-0.25, -0.2) is 13.8 Å². The van der Waals surface area contributed by atoms with E-state index < -0.39 is 11.6 Å². The maximum atomic E-state index is 13.8. The second-order valence-electron chi connectivity index (χ2n) is 5.19. The van der Waals surface area contributed by atoms with Crippen LogP contribution in [0.5, 0.6) is 0 Å². The molecule has 8 heteroatoms. The number of hydrogen-bond acceptors (Lipinski definition) is 4. The number of rotatable bonds is 2. The Labute approximate surface area is 142 Å². The smallest absolute Gasteiger partial charge is 0.273 e. The molecule has 0 spiro atoms. The van der Waals surface area contributed by atoms with Crippen LogP contribution in [0.2, 0.25) is 0 Å². The largest absolute Gasteiger partial charge is 0.332 e. The molecule has 2 aromatic rings. The van der Waals surface area contributed by atoms with Crippen LogP contribution < -0.4 is 5.32 Å². The molecule has 4 nitrogen and oxygen atoms in total. The predicted molar refractivity (Wildman–Crippen MR) is 88.1 cm³/mol. The van der Waals surface area contributed by atoms with E-state index in [1.165, 1.54) is 18.2 Å². The van der Waals surface area contributed by atoms with Gasteiger partial charge in [0.05, 0.1) is 5.56 Å². The van der Waals surface area contributed by atoms with Gasteiger partial charge in [0, 0.05) is 31.1 Å². The van der Waals surface area contributed by atoms with Gasteiger partial charge in [-0.1, -0.05) is 6.07 Å². The van der Waals surface area contributed by atoms with Crippen LogP contribution in [-0.4, -0.2) is 41.5 Å². The van der Waals surface area contributed by atoms with Crippen molar-refractivity contribution in [1.82, 2.24) is 15.2 Å². The van der Waals surface area contributed by atoms with Crippen molar-refractivity contribution in [3.8, 4) is 10.6 Å². The molecule has 0 saturated carbocycles. The zero-order valence-electron chi connectivity index (χ0n) is 12.4.